The number of carboxylic acid groups (broad SMARTS) is 1. The molecule has 1 N–H and O–H groups in total. The van der Waals surface area contributed by atoms with E-state index >= 15 is 0 Å². The number of amides is 1. The normalized spacial score (nSPS) is 11.0. The number of alkyl halides is 3. The highest BCUT2D eigenvalue weighted by Gasteiger charge is 2.31. The molecule has 4 aromatic rings. The molecule has 42 heavy (non-hydrogen) atoms. The van der Waals surface area contributed by atoms with E-state index in [0.717, 1.165) is 17.0 Å². The van der Waals surface area contributed by atoms with Crippen molar-refractivity contribution in [3.63, 3.8) is 0 Å². The molecular weight excluding hydrogens is 563 g/mol. The lowest BCUT2D eigenvalue weighted by atomic mass is 10.2. The minimum atomic E-state index is -4.79. The molecule has 3 aromatic carbocycles. The first-order valence-electron chi connectivity index (χ1n) is 12.3. The molecule has 220 valence electrons. The Morgan fingerprint density at radius 3 is 2.14 bits per heavy atom. The van der Waals surface area contributed by atoms with Crippen LogP contribution >= 0.6 is 0 Å². The highest BCUT2D eigenvalue weighted by atomic mass is 19.4. The maximum Gasteiger partial charge on any atom is 0.573 e. The molecule has 0 bridgehead atoms. The fourth-order valence-corrected chi connectivity index (χ4v) is 3.60. The van der Waals surface area contributed by atoms with Gasteiger partial charge in [-0.2, -0.15) is 4.98 Å². The van der Waals surface area contributed by atoms with Crippen LogP contribution in [0.15, 0.2) is 77.3 Å². The molecule has 11 nitrogen and oxygen atoms in total. The van der Waals surface area contributed by atoms with E-state index in [1.54, 1.807) is 36.4 Å². The van der Waals surface area contributed by atoms with E-state index in [0.29, 0.717) is 28.5 Å². The number of hydrogen-bond donors (Lipinski definition) is 1. The van der Waals surface area contributed by atoms with Gasteiger partial charge in [0, 0.05) is 18.5 Å². The second-order valence-electron chi connectivity index (χ2n) is 8.62. The van der Waals surface area contributed by atoms with Gasteiger partial charge in [-0.15, -0.1) is 13.2 Å². The van der Waals surface area contributed by atoms with Gasteiger partial charge in [-0.05, 0) is 66.2 Å². The molecular formula is C28H24F3N3O8. The van der Waals surface area contributed by atoms with Crippen molar-refractivity contribution in [3.05, 3.63) is 84.2 Å². The van der Waals surface area contributed by atoms with E-state index in [4.69, 9.17) is 18.7 Å². The summed E-state index contributed by atoms with van der Waals surface area (Å²) in [5.41, 5.74) is 1.06. The van der Waals surface area contributed by atoms with Gasteiger partial charge in [0.2, 0.25) is 0 Å². The molecule has 1 amide bonds. The van der Waals surface area contributed by atoms with Gasteiger partial charge in [0.1, 0.15) is 29.5 Å². The standard InChI is InChI=1S/C28H24F3N3O8/c1-38-20-10-12-22(13-11-20)40-27(37)34(17-25(35)36)16-18-2-6-21(7-3-18)39-15-14-24-32-26(42-33-24)19-4-8-23(9-5-19)41-28(29,30)31/h2-13H,14-17H2,1H3,(H,35,36). The van der Waals surface area contributed by atoms with E-state index in [2.05, 4.69) is 14.9 Å². The first kappa shape index (κ1) is 29.7. The average Bonchev–Trinajstić information content (AvgIpc) is 3.42. The molecule has 0 aliphatic heterocycles. The first-order valence-corrected chi connectivity index (χ1v) is 12.3. The number of benzene rings is 3. The summed E-state index contributed by atoms with van der Waals surface area (Å²) in [6, 6.07) is 18.0. The van der Waals surface area contributed by atoms with Gasteiger partial charge in [0.25, 0.3) is 5.89 Å². The highest BCUT2D eigenvalue weighted by Crippen LogP contribution is 2.26. The van der Waals surface area contributed by atoms with Gasteiger partial charge in [0.05, 0.1) is 13.7 Å². The maximum atomic E-state index is 12.6. The molecule has 0 saturated carbocycles. The summed E-state index contributed by atoms with van der Waals surface area (Å²) in [6.45, 7) is -0.391. The smallest absolute Gasteiger partial charge is 0.497 e. The third-order valence-electron chi connectivity index (χ3n) is 5.54. The van der Waals surface area contributed by atoms with Gasteiger partial charge >= 0.3 is 18.4 Å². The molecule has 0 radical (unpaired) electrons. The molecule has 14 heteroatoms. The number of ether oxygens (including phenoxy) is 4. The number of aromatic nitrogens is 2. The number of carbonyl (C=O) groups excluding carboxylic acids is 1. The monoisotopic (exact) mass is 587 g/mol. The second kappa shape index (κ2) is 13.4. The van der Waals surface area contributed by atoms with Crippen molar-refractivity contribution >= 4 is 12.1 Å². The van der Waals surface area contributed by atoms with Crippen LogP contribution in [0.5, 0.6) is 23.0 Å². The molecule has 0 aliphatic rings. The summed E-state index contributed by atoms with van der Waals surface area (Å²) < 4.78 is 62.0. The lowest BCUT2D eigenvalue weighted by Gasteiger charge is -2.20. The Labute approximate surface area is 237 Å². The molecule has 0 saturated heterocycles. The van der Waals surface area contributed by atoms with Crippen molar-refractivity contribution in [2.24, 2.45) is 0 Å². The van der Waals surface area contributed by atoms with Crippen LogP contribution in [0.25, 0.3) is 11.5 Å². The van der Waals surface area contributed by atoms with Crippen LogP contribution in [0, 0.1) is 0 Å². The van der Waals surface area contributed by atoms with Crippen molar-refractivity contribution < 1.29 is 51.3 Å². The minimum Gasteiger partial charge on any atom is -0.497 e. The minimum absolute atomic E-state index is 0.0173. The average molecular weight is 588 g/mol. The van der Waals surface area contributed by atoms with Gasteiger partial charge in [-0.3, -0.25) is 9.69 Å². The summed E-state index contributed by atoms with van der Waals surface area (Å²) in [4.78, 5) is 29.2. The zero-order chi connectivity index (χ0) is 30.1. The zero-order valence-corrected chi connectivity index (χ0v) is 22.0. The second-order valence-corrected chi connectivity index (χ2v) is 8.62. The largest absolute Gasteiger partial charge is 0.573 e. The third-order valence-corrected chi connectivity index (χ3v) is 5.54. The number of rotatable bonds is 12. The summed E-state index contributed by atoms with van der Waals surface area (Å²) in [6.07, 6.45) is -5.33. The van der Waals surface area contributed by atoms with Crippen LogP contribution < -0.4 is 18.9 Å². The Morgan fingerprint density at radius 1 is 0.905 bits per heavy atom. The topological polar surface area (TPSA) is 133 Å². The van der Waals surface area contributed by atoms with Gasteiger partial charge < -0.3 is 28.6 Å². The van der Waals surface area contributed by atoms with E-state index in [-0.39, 0.29) is 37.0 Å². The Balaban J connectivity index is 1.28. The Bertz CT molecular complexity index is 1470. The fourth-order valence-electron chi connectivity index (χ4n) is 3.60. The molecule has 0 unspecified atom stereocenters. The van der Waals surface area contributed by atoms with Crippen molar-refractivity contribution in [1.29, 1.82) is 0 Å². The molecule has 1 aromatic heterocycles. The molecule has 0 atom stereocenters. The number of carboxylic acids is 1. The lowest BCUT2D eigenvalue weighted by Crippen LogP contribution is -2.37. The first-order chi connectivity index (χ1) is 20.1. The molecule has 0 fully saturated rings. The van der Waals surface area contributed by atoms with Crippen molar-refractivity contribution in [3.8, 4) is 34.5 Å². The van der Waals surface area contributed by atoms with E-state index in [1.807, 2.05) is 0 Å². The third kappa shape index (κ3) is 8.87. The number of nitrogens with zero attached hydrogens (tertiary/aromatic N) is 3. The molecule has 0 spiro atoms. The van der Waals surface area contributed by atoms with Crippen LogP contribution in [0.3, 0.4) is 0 Å². The number of carbonyl (C=O) groups is 2. The maximum absolute atomic E-state index is 12.6. The predicted octanol–water partition coefficient (Wildman–Crippen LogP) is 5.35. The highest BCUT2D eigenvalue weighted by molar-refractivity contribution is 5.78. The molecule has 0 aliphatic carbocycles. The molecule has 4 rings (SSSR count). The predicted molar refractivity (Wildman–Crippen MR) is 139 cm³/mol. The number of methoxy groups -OCH3 is 1. The SMILES string of the molecule is COc1ccc(OC(=O)N(CC(=O)O)Cc2ccc(OCCc3noc(-c4ccc(OC(F)(F)F)cc4)n3)cc2)cc1. The number of hydrogen-bond acceptors (Lipinski definition) is 9. The van der Waals surface area contributed by atoms with Gasteiger partial charge in [0.15, 0.2) is 5.82 Å². The van der Waals surface area contributed by atoms with Crippen LogP contribution in [0.2, 0.25) is 0 Å². The summed E-state index contributed by atoms with van der Waals surface area (Å²) in [5, 5.41) is 13.1. The summed E-state index contributed by atoms with van der Waals surface area (Å²) in [5.74, 6) is 0.220. The zero-order valence-electron chi connectivity index (χ0n) is 22.0. The van der Waals surface area contributed by atoms with E-state index < -0.39 is 25.0 Å². The van der Waals surface area contributed by atoms with Crippen LogP contribution in [-0.4, -0.2) is 58.8 Å². The Hall–Kier alpha value is -5.27. The molecule has 1 heterocycles. The van der Waals surface area contributed by atoms with E-state index in [9.17, 15) is 27.9 Å². The lowest BCUT2D eigenvalue weighted by molar-refractivity contribution is -0.274. The number of aliphatic carboxylic acids is 1. The van der Waals surface area contributed by atoms with Crippen molar-refractivity contribution in [2.45, 2.75) is 19.3 Å². The van der Waals surface area contributed by atoms with Crippen LogP contribution in [0.1, 0.15) is 11.4 Å². The summed E-state index contributed by atoms with van der Waals surface area (Å²) >= 11 is 0. The van der Waals surface area contributed by atoms with Crippen LogP contribution in [0.4, 0.5) is 18.0 Å². The number of halogens is 3. The fraction of sp³-hybridized carbons (Fsp3) is 0.214. The van der Waals surface area contributed by atoms with Crippen molar-refractivity contribution in [1.82, 2.24) is 15.0 Å². The van der Waals surface area contributed by atoms with E-state index in [1.165, 1.54) is 31.4 Å². The Morgan fingerprint density at radius 2 is 1.52 bits per heavy atom. The quantitative estimate of drug-likeness (QED) is 0.231. The Kier molecular flexibility index (Phi) is 9.47. The summed E-state index contributed by atoms with van der Waals surface area (Å²) in [7, 11) is 1.50. The van der Waals surface area contributed by atoms with Gasteiger partial charge in [-0.25, -0.2) is 4.79 Å². The van der Waals surface area contributed by atoms with Crippen molar-refractivity contribution in [2.75, 3.05) is 20.3 Å². The van der Waals surface area contributed by atoms with Crippen LogP contribution in [-0.2, 0) is 17.8 Å². The van der Waals surface area contributed by atoms with Gasteiger partial charge in [-0.1, -0.05) is 17.3 Å².